The largest absolute Gasteiger partial charge is 0.433 e. The molecule has 4 rings (SSSR count). The maximum Gasteiger partial charge on any atom is 0.433 e. The summed E-state index contributed by atoms with van der Waals surface area (Å²) in [4.78, 5) is 4.46. The summed E-state index contributed by atoms with van der Waals surface area (Å²) in [5.41, 5.74) is -3.27. The van der Waals surface area contributed by atoms with Gasteiger partial charge in [0.2, 0.25) is 0 Å². The number of fused-ring (bicyclic) bond motifs is 1. The van der Waals surface area contributed by atoms with Crippen LogP contribution in [0.1, 0.15) is 42.6 Å². The Balaban J connectivity index is 1.71. The van der Waals surface area contributed by atoms with Gasteiger partial charge in [0.25, 0.3) is 10.0 Å². The third kappa shape index (κ3) is 6.17. The van der Waals surface area contributed by atoms with Crippen LogP contribution in [0, 0.1) is 11.8 Å². The van der Waals surface area contributed by atoms with Gasteiger partial charge < -0.3 is 0 Å². The van der Waals surface area contributed by atoms with Crippen molar-refractivity contribution < 1.29 is 34.8 Å². The van der Waals surface area contributed by atoms with E-state index in [-0.39, 0.29) is 26.8 Å². The average Bonchev–Trinajstić information content (AvgIpc) is 3.41. The molecule has 0 fully saturated rings. The molecule has 0 saturated carbocycles. The van der Waals surface area contributed by atoms with Gasteiger partial charge in [0.15, 0.2) is 11.3 Å². The molecule has 0 unspecified atom stereocenters. The van der Waals surface area contributed by atoms with Crippen LogP contribution in [0.15, 0.2) is 52.7 Å². The van der Waals surface area contributed by atoms with Gasteiger partial charge in [-0.25, -0.2) is 22.6 Å². The van der Waals surface area contributed by atoms with E-state index in [1.165, 1.54) is 18.2 Å². The monoisotopic (exact) mass is 572 g/mol. The zero-order chi connectivity index (χ0) is 28.1. The van der Waals surface area contributed by atoms with Crippen LogP contribution in [0.4, 0.5) is 26.3 Å². The van der Waals surface area contributed by atoms with E-state index in [0.29, 0.717) is 15.5 Å². The smallest absolute Gasteiger partial charge is 0.228 e. The summed E-state index contributed by atoms with van der Waals surface area (Å²) in [6.07, 6.45) is -9.45. The Morgan fingerprint density at radius 1 is 0.895 bits per heavy atom. The molecule has 0 aliphatic heterocycles. The van der Waals surface area contributed by atoms with Gasteiger partial charge in [-0.05, 0) is 62.9 Å². The fraction of sp³-hybridized carbons (Fsp3) is 0.250. The number of thiophene rings is 1. The molecule has 6 nitrogen and oxygen atoms in total. The molecule has 0 radical (unpaired) electrons. The quantitative estimate of drug-likeness (QED) is 0.242. The van der Waals surface area contributed by atoms with Crippen molar-refractivity contribution in [3.8, 4) is 23.1 Å². The lowest BCUT2D eigenvalue weighted by atomic mass is 10.1. The van der Waals surface area contributed by atoms with E-state index in [4.69, 9.17) is 0 Å². The van der Waals surface area contributed by atoms with E-state index in [2.05, 4.69) is 26.6 Å². The third-order valence-electron chi connectivity index (χ3n) is 4.83. The number of aromatic nitrogens is 3. The topological polar surface area (TPSA) is 76.4 Å². The normalized spacial score (nSPS) is 13.0. The molecule has 0 atom stereocenters. The van der Waals surface area contributed by atoms with Crippen LogP contribution in [0.5, 0.6) is 0 Å². The van der Waals surface area contributed by atoms with Crippen molar-refractivity contribution in [2.24, 2.45) is 0 Å². The minimum atomic E-state index is -4.85. The number of hydrogen-bond acceptors (Lipinski definition) is 5. The number of rotatable bonds is 3. The number of halogens is 6. The minimum Gasteiger partial charge on any atom is -0.228 e. The van der Waals surface area contributed by atoms with Crippen molar-refractivity contribution in [2.75, 3.05) is 0 Å². The van der Waals surface area contributed by atoms with E-state index in [1.54, 1.807) is 20.8 Å². The Labute approximate surface area is 217 Å². The zero-order valence-electron chi connectivity index (χ0n) is 19.9. The van der Waals surface area contributed by atoms with E-state index in [1.807, 2.05) is 0 Å². The van der Waals surface area contributed by atoms with Crippen molar-refractivity contribution in [3.63, 3.8) is 0 Å². The number of nitrogens with one attached hydrogen (secondary N) is 1. The van der Waals surface area contributed by atoms with E-state index in [0.717, 1.165) is 35.6 Å². The molecule has 0 saturated heterocycles. The summed E-state index contributed by atoms with van der Waals surface area (Å²) < 4.78 is 108. The fourth-order valence-electron chi connectivity index (χ4n) is 3.33. The molecule has 0 amide bonds. The second-order valence-electron chi connectivity index (χ2n) is 9.12. The third-order valence-corrected chi connectivity index (χ3v) is 8.08. The van der Waals surface area contributed by atoms with Gasteiger partial charge in [-0.3, -0.25) is 0 Å². The molecule has 0 spiro atoms. The molecule has 4 aromatic rings. The second kappa shape index (κ2) is 9.40. The molecular formula is C24H18F6N4O2S2. The van der Waals surface area contributed by atoms with Crippen molar-refractivity contribution in [3.05, 3.63) is 70.4 Å². The van der Waals surface area contributed by atoms with E-state index in [9.17, 15) is 34.8 Å². The van der Waals surface area contributed by atoms with Crippen LogP contribution < -0.4 is 4.72 Å². The molecule has 0 bridgehead atoms. The summed E-state index contributed by atoms with van der Waals surface area (Å²) in [6.45, 7) is 5.07. The molecule has 3 aromatic heterocycles. The number of benzene rings is 1. The van der Waals surface area contributed by atoms with Gasteiger partial charge in [0, 0.05) is 17.2 Å². The Morgan fingerprint density at radius 2 is 1.55 bits per heavy atom. The van der Waals surface area contributed by atoms with Gasteiger partial charge in [0.05, 0.1) is 16.1 Å². The summed E-state index contributed by atoms with van der Waals surface area (Å²) >= 11 is 0.882. The molecule has 3 heterocycles. The van der Waals surface area contributed by atoms with Crippen LogP contribution in [0.2, 0.25) is 0 Å². The standard InChI is InChI=1S/C24H18F6N4O2S2/c1-22(2,3)33-38(35,36)21-11-10-17(37-21)9-8-16-12-20-31-18(13-19(24(28,29)30)34(20)32-16)14-4-6-15(7-5-14)23(25,26)27/h4-7,10-13,33H,1-3H3. The first-order chi connectivity index (χ1) is 17.4. The molecule has 38 heavy (non-hydrogen) atoms. The Morgan fingerprint density at radius 3 is 2.13 bits per heavy atom. The van der Waals surface area contributed by atoms with E-state index < -0.39 is 39.2 Å². The first kappa shape index (κ1) is 27.6. The number of nitrogens with zero attached hydrogens (tertiary/aromatic N) is 3. The van der Waals surface area contributed by atoms with Gasteiger partial charge in [-0.15, -0.1) is 11.3 Å². The lowest BCUT2D eigenvalue weighted by Gasteiger charge is -2.19. The molecule has 0 aliphatic carbocycles. The van der Waals surface area contributed by atoms with Crippen molar-refractivity contribution in [2.45, 2.75) is 42.9 Å². The fourth-order valence-corrected chi connectivity index (χ4v) is 5.90. The average molecular weight is 573 g/mol. The maximum absolute atomic E-state index is 13.8. The second-order valence-corrected chi connectivity index (χ2v) is 12.1. The van der Waals surface area contributed by atoms with E-state index >= 15 is 0 Å². The maximum atomic E-state index is 13.8. The molecule has 14 heteroatoms. The van der Waals surface area contributed by atoms with Gasteiger partial charge in [0.1, 0.15) is 9.90 Å². The van der Waals surface area contributed by atoms with Crippen LogP contribution >= 0.6 is 11.3 Å². The molecule has 200 valence electrons. The number of alkyl halides is 6. The SMILES string of the molecule is CC(C)(C)NS(=O)(=O)c1ccc(C#Cc2cc3nc(-c4ccc(C(F)(F)F)cc4)cc(C(F)(F)F)n3n2)s1. The highest BCUT2D eigenvalue weighted by Crippen LogP contribution is 2.34. The van der Waals surface area contributed by atoms with Crippen LogP contribution in [0.3, 0.4) is 0 Å². The molecule has 0 aliphatic rings. The lowest BCUT2D eigenvalue weighted by Crippen LogP contribution is -2.40. The first-order valence-corrected chi connectivity index (χ1v) is 13.0. The number of sulfonamides is 1. The highest BCUT2D eigenvalue weighted by molar-refractivity contribution is 7.91. The van der Waals surface area contributed by atoms with Crippen molar-refractivity contribution >= 4 is 27.0 Å². The van der Waals surface area contributed by atoms with Gasteiger partial charge in [-0.2, -0.15) is 31.4 Å². The molecule has 1 aromatic carbocycles. The predicted octanol–water partition coefficient (Wildman–Crippen LogP) is 5.97. The van der Waals surface area contributed by atoms with Crippen LogP contribution in [0.25, 0.3) is 16.9 Å². The summed E-state index contributed by atoms with van der Waals surface area (Å²) in [7, 11) is -3.78. The summed E-state index contributed by atoms with van der Waals surface area (Å²) in [6, 6.07) is 8.31. The first-order valence-electron chi connectivity index (χ1n) is 10.7. The Kier molecular flexibility index (Phi) is 6.84. The molecular weight excluding hydrogens is 554 g/mol. The van der Waals surface area contributed by atoms with Crippen molar-refractivity contribution in [1.82, 2.24) is 19.3 Å². The Bertz CT molecular complexity index is 1670. The Hall–Kier alpha value is -3.41. The highest BCUT2D eigenvalue weighted by Gasteiger charge is 2.35. The highest BCUT2D eigenvalue weighted by atomic mass is 32.2. The molecule has 1 N–H and O–H groups in total. The van der Waals surface area contributed by atoms with Crippen LogP contribution in [-0.4, -0.2) is 28.6 Å². The zero-order valence-corrected chi connectivity index (χ0v) is 21.5. The minimum absolute atomic E-state index is 0.0222. The summed E-state index contributed by atoms with van der Waals surface area (Å²) in [5.74, 6) is 5.29. The van der Waals surface area contributed by atoms with Crippen LogP contribution in [-0.2, 0) is 22.4 Å². The summed E-state index contributed by atoms with van der Waals surface area (Å²) in [5, 5.41) is 3.87. The lowest BCUT2D eigenvalue weighted by molar-refractivity contribution is -0.142. The number of hydrogen-bond donors (Lipinski definition) is 1. The predicted molar refractivity (Wildman–Crippen MR) is 129 cm³/mol. The van der Waals surface area contributed by atoms with Crippen molar-refractivity contribution in [1.29, 1.82) is 0 Å². The van der Waals surface area contributed by atoms with Gasteiger partial charge >= 0.3 is 12.4 Å². The van der Waals surface area contributed by atoms with Gasteiger partial charge in [-0.1, -0.05) is 12.1 Å².